The molecule has 1 aliphatic heterocycles. The Morgan fingerprint density at radius 2 is 1.71 bits per heavy atom. The van der Waals surface area contributed by atoms with Gasteiger partial charge in [-0.3, -0.25) is 9.59 Å². The predicted octanol–water partition coefficient (Wildman–Crippen LogP) is 3.64. The van der Waals surface area contributed by atoms with Gasteiger partial charge in [-0.25, -0.2) is 4.79 Å². The van der Waals surface area contributed by atoms with E-state index in [2.05, 4.69) is 15.5 Å². The second kappa shape index (κ2) is 10.6. The van der Waals surface area contributed by atoms with Crippen molar-refractivity contribution in [1.29, 1.82) is 0 Å². The molecule has 0 bridgehead atoms. The van der Waals surface area contributed by atoms with Crippen LogP contribution in [0.3, 0.4) is 0 Å². The molecule has 0 spiro atoms. The first kappa shape index (κ1) is 25.1. The maximum absolute atomic E-state index is 13.4. The van der Waals surface area contributed by atoms with Crippen LogP contribution in [0.5, 0.6) is 0 Å². The fraction of sp³-hybridized carbons (Fsp3) is 0.480. The molecule has 2 aromatic rings. The van der Waals surface area contributed by atoms with Crippen LogP contribution in [0.15, 0.2) is 41.0 Å². The highest BCUT2D eigenvalue weighted by atomic mass is 16.3. The third-order valence-corrected chi connectivity index (χ3v) is 5.67. The molecule has 9 heteroatoms. The van der Waals surface area contributed by atoms with Gasteiger partial charge in [0.25, 0.3) is 11.8 Å². The zero-order valence-electron chi connectivity index (χ0n) is 20.7. The van der Waals surface area contributed by atoms with Gasteiger partial charge in [0.1, 0.15) is 0 Å². The number of hydrogen-bond acceptors (Lipinski definition) is 5. The smallest absolute Gasteiger partial charge is 0.317 e. The number of rotatable bonds is 6. The lowest BCUT2D eigenvalue weighted by molar-refractivity contribution is 0.0773. The predicted molar refractivity (Wildman–Crippen MR) is 132 cm³/mol. The summed E-state index contributed by atoms with van der Waals surface area (Å²) < 4.78 is 5.16. The molecule has 0 atom stereocenters. The molecule has 0 aliphatic carbocycles. The monoisotopic (exact) mass is 469 g/mol. The lowest BCUT2D eigenvalue weighted by atomic mass is 10.1. The molecule has 1 aromatic carbocycles. The summed E-state index contributed by atoms with van der Waals surface area (Å²) in [6.45, 7) is 13.2. The van der Waals surface area contributed by atoms with E-state index in [9.17, 15) is 14.4 Å². The molecule has 2 N–H and O–H groups in total. The van der Waals surface area contributed by atoms with Gasteiger partial charge in [0.05, 0.1) is 11.8 Å². The number of benzene rings is 1. The summed E-state index contributed by atoms with van der Waals surface area (Å²) in [6.07, 6.45) is 1.44. The first-order chi connectivity index (χ1) is 16.1. The molecule has 0 radical (unpaired) electrons. The fourth-order valence-electron chi connectivity index (χ4n) is 3.89. The Labute approximate surface area is 201 Å². The van der Waals surface area contributed by atoms with Crippen LogP contribution in [0.25, 0.3) is 0 Å². The number of piperazine rings is 1. The van der Waals surface area contributed by atoms with Gasteiger partial charge in [-0.1, -0.05) is 0 Å². The zero-order valence-corrected chi connectivity index (χ0v) is 20.7. The maximum atomic E-state index is 13.4. The van der Waals surface area contributed by atoms with Crippen molar-refractivity contribution in [2.75, 3.05) is 49.5 Å². The van der Waals surface area contributed by atoms with Gasteiger partial charge in [-0.15, -0.1) is 0 Å². The Morgan fingerprint density at radius 1 is 1.03 bits per heavy atom. The summed E-state index contributed by atoms with van der Waals surface area (Å²) in [7, 11) is 0. The fourth-order valence-corrected chi connectivity index (χ4v) is 3.89. The molecular weight excluding hydrogens is 434 g/mol. The van der Waals surface area contributed by atoms with Crippen molar-refractivity contribution in [3.8, 4) is 0 Å². The van der Waals surface area contributed by atoms with Crippen LogP contribution >= 0.6 is 0 Å². The summed E-state index contributed by atoms with van der Waals surface area (Å²) in [5.74, 6) is -0.273. The van der Waals surface area contributed by atoms with Gasteiger partial charge >= 0.3 is 6.03 Å². The molecule has 1 aliphatic rings. The van der Waals surface area contributed by atoms with E-state index >= 15 is 0 Å². The summed E-state index contributed by atoms with van der Waals surface area (Å²) in [4.78, 5) is 44.0. The number of nitrogens with one attached hydrogen (secondary N) is 2. The third kappa shape index (κ3) is 6.09. The summed E-state index contributed by atoms with van der Waals surface area (Å²) >= 11 is 0. The lowest BCUT2D eigenvalue weighted by Gasteiger charge is -2.38. The van der Waals surface area contributed by atoms with Crippen LogP contribution in [0.1, 0.15) is 55.5 Å². The van der Waals surface area contributed by atoms with Crippen LogP contribution in [-0.2, 0) is 0 Å². The highest BCUT2D eigenvalue weighted by Crippen LogP contribution is 2.27. The van der Waals surface area contributed by atoms with Crippen molar-refractivity contribution < 1.29 is 18.8 Å². The minimum atomic E-state index is -0.377. The number of amides is 4. The second-order valence-corrected chi connectivity index (χ2v) is 9.30. The van der Waals surface area contributed by atoms with Crippen molar-refractivity contribution in [3.63, 3.8) is 0 Å². The molecule has 34 heavy (non-hydrogen) atoms. The van der Waals surface area contributed by atoms with E-state index in [4.69, 9.17) is 4.42 Å². The van der Waals surface area contributed by atoms with E-state index in [0.29, 0.717) is 50.5 Å². The van der Waals surface area contributed by atoms with E-state index in [-0.39, 0.29) is 29.1 Å². The number of carbonyl (C=O) groups excluding carboxylic acids is 3. The number of anilines is 2. The maximum Gasteiger partial charge on any atom is 0.317 e. The molecule has 1 fully saturated rings. The van der Waals surface area contributed by atoms with E-state index in [1.165, 1.54) is 6.26 Å². The molecule has 2 heterocycles. The summed E-state index contributed by atoms with van der Waals surface area (Å²) in [6, 6.07) is 8.51. The standard InChI is InChI=1S/C25H35N5O4/c1-6-28(7-2)23(32)19-17-18(26-22(31)21-9-8-16-34-21)10-11-20(19)29-12-14-30(15-13-29)24(33)27-25(3,4)5/h8-11,16-17H,6-7,12-15H2,1-5H3,(H,26,31)(H,27,33). The van der Waals surface area contributed by atoms with Crippen molar-refractivity contribution in [1.82, 2.24) is 15.1 Å². The van der Waals surface area contributed by atoms with Gasteiger partial charge in [-0.2, -0.15) is 0 Å². The first-order valence-corrected chi connectivity index (χ1v) is 11.7. The minimum absolute atomic E-state index is 0.0809. The second-order valence-electron chi connectivity index (χ2n) is 9.30. The number of hydrogen-bond donors (Lipinski definition) is 2. The van der Waals surface area contributed by atoms with Crippen molar-refractivity contribution >= 4 is 29.2 Å². The van der Waals surface area contributed by atoms with E-state index in [1.54, 1.807) is 34.1 Å². The Bertz CT molecular complexity index is 1000. The third-order valence-electron chi connectivity index (χ3n) is 5.67. The van der Waals surface area contributed by atoms with Gasteiger partial charge in [0.15, 0.2) is 5.76 Å². The Balaban J connectivity index is 1.81. The SMILES string of the molecule is CCN(CC)C(=O)c1cc(NC(=O)c2ccco2)ccc1N1CCN(C(=O)NC(C)(C)C)CC1. The number of furan rings is 1. The highest BCUT2D eigenvalue weighted by Gasteiger charge is 2.27. The average Bonchev–Trinajstić information content (AvgIpc) is 3.34. The first-order valence-electron chi connectivity index (χ1n) is 11.7. The molecule has 0 unspecified atom stereocenters. The number of nitrogens with zero attached hydrogens (tertiary/aromatic N) is 3. The van der Waals surface area contributed by atoms with Crippen LogP contribution in [-0.4, -0.2) is 72.5 Å². The molecule has 1 saturated heterocycles. The number of urea groups is 1. The van der Waals surface area contributed by atoms with Gasteiger partial charge in [0, 0.05) is 56.2 Å². The molecule has 4 amide bonds. The molecular formula is C25H35N5O4. The minimum Gasteiger partial charge on any atom is -0.459 e. The molecule has 184 valence electrons. The Kier molecular flexibility index (Phi) is 7.86. The van der Waals surface area contributed by atoms with Gasteiger partial charge in [-0.05, 0) is 65.0 Å². The van der Waals surface area contributed by atoms with E-state index < -0.39 is 0 Å². The zero-order chi connectivity index (χ0) is 24.9. The van der Waals surface area contributed by atoms with Crippen molar-refractivity contribution in [2.24, 2.45) is 0 Å². The summed E-state index contributed by atoms with van der Waals surface area (Å²) in [5.41, 5.74) is 1.54. The topological polar surface area (TPSA) is 98.1 Å². The normalized spacial score (nSPS) is 14.0. The van der Waals surface area contributed by atoms with Crippen LogP contribution in [0, 0.1) is 0 Å². The molecule has 0 saturated carbocycles. The van der Waals surface area contributed by atoms with Crippen LogP contribution < -0.4 is 15.5 Å². The summed E-state index contributed by atoms with van der Waals surface area (Å²) in [5, 5.41) is 5.81. The average molecular weight is 470 g/mol. The molecule has 1 aromatic heterocycles. The van der Waals surface area contributed by atoms with Gasteiger partial charge in [0.2, 0.25) is 0 Å². The Morgan fingerprint density at radius 3 is 2.26 bits per heavy atom. The Hall–Kier alpha value is -3.49. The largest absolute Gasteiger partial charge is 0.459 e. The van der Waals surface area contributed by atoms with E-state index in [0.717, 1.165) is 5.69 Å². The molecule has 9 nitrogen and oxygen atoms in total. The molecule has 3 rings (SSSR count). The highest BCUT2D eigenvalue weighted by molar-refractivity contribution is 6.05. The number of carbonyl (C=O) groups is 3. The quantitative estimate of drug-likeness (QED) is 0.673. The van der Waals surface area contributed by atoms with E-state index in [1.807, 2.05) is 40.7 Å². The van der Waals surface area contributed by atoms with Crippen LogP contribution in [0.2, 0.25) is 0 Å². The van der Waals surface area contributed by atoms with Crippen LogP contribution in [0.4, 0.5) is 16.2 Å². The van der Waals surface area contributed by atoms with Gasteiger partial charge < -0.3 is 29.8 Å². The van der Waals surface area contributed by atoms with Crippen molar-refractivity contribution in [3.05, 3.63) is 47.9 Å². The van der Waals surface area contributed by atoms with Crippen molar-refractivity contribution in [2.45, 2.75) is 40.2 Å². The lowest BCUT2D eigenvalue weighted by Crippen LogP contribution is -2.55.